The Morgan fingerprint density at radius 1 is 0.912 bits per heavy atom. The van der Waals surface area contributed by atoms with E-state index < -0.39 is 11.7 Å². The van der Waals surface area contributed by atoms with Gasteiger partial charge in [0, 0.05) is 30.0 Å². The predicted molar refractivity (Wildman–Crippen MR) is 126 cm³/mol. The summed E-state index contributed by atoms with van der Waals surface area (Å²) in [5.74, 6) is 0. The second-order valence-corrected chi connectivity index (χ2v) is 8.31. The summed E-state index contributed by atoms with van der Waals surface area (Å²) in [6, 6.07) is 19.7. The Morgan fingerprint density at radius 2 is 1.71 bits per heavy atom. The van der Waals surface area contributed by atoms with E-state index in [1.807, 2.05) is 53.4 Å². The first kappa shape index (κ1) is 22.1. The molecule has 3 aromatic heterocycles. The third kappa shape index (κ3) is 4.26. The van der Waals surface area contributed by atoms with Crippen LogP contribution in [0.5, 0.6) is 0 Å². The zero-order valence-electron chi connectivity index (χ0n) is 17.9. The minimum atomic E-state index is -4.43. The second kappa shape index (κ2) is 8.90. The van der Waals surface area contributed by atoms with E-state index >= 15 is 0 Å². The Kier molecular flexibility index (Phi) is 5.79. The number of nitrogens with one attached hydrogen (secondary N) is 1. The molecule has 0 saturated carbocycles. The highest BCUT2D eigenvalue weighted by Gasteiger charge is 2.41. The maximum absolute atomic E-state index is 13.4. The zero-order valence-corrected chi connectivity index (χ0v) is 18.7. The van der Waals surface area contributed by atoms with Crippen LogP contribution in [0.15, 0.2) is 91.4 Å². The maximum atomic E-state index is 13.4. The highest BCUT2D eigenvalue weighted by atomic mass is 32.1. The van der Waals surface area contributed by atoms with Gasteiger partial charge >= 0.3 is 6.18 Å². The van der Waals surface area contributed by atoms with Crippen molar-refractivity contribution < 1.29 is 13.2 Å². The summed E-state index contributed by atoms with van der Waals surface area (Å²) in [6.45, 7) is 0.439. The number of nitrogens with zero attached hydrogens (tertiary/aromatic N) is 4. The van der Waals surface area contributed by atoms with Gasteiger partial charge < -0.3 is 14.8 Å². The van der Waals surface area contributed by atoms with Gasteiger partial charge in [-0.25, -0.2) is 0 Å². The van der Waals surface area contributed by atoms with E-state index in [0.29, 0.717) is 17.3 Å². The average molecular weight is 480 g/mol. The summed E-state index contributed by atoms with van der Waals surface area (Å²) < 4.78 is 41.9. The molecule has 4 heterocycles. The predicted octanol–water partition coefficient (Wildman–Crippen LogP) is 5.46. The van der Waals surface area contributed by atoms with E-state index in [4.69, 9.17) is 12.2 Å². The second-order valence-electron chi connectivity index (χ2n) is 7.93. The number of rotatable bonds is 5. The number of benzene rings is 1. The van der Waals surface area contributed by atoms with Crippen LogP contribution in [-0.2, 0) is 12.7 Å². The molecule has 0 radical (unpaired) electrons. The van der Waals surface area contributed by atoms with Crippen molar-refractivity contribution in [1.29, 1.82) is 0 Å². The Balaban J connectivity index is 1.60. The Hall–Kier alpha value is -3.72. The quantitative estimate of drug-likeness (QED) is 0.385. The molecule has 0 unspecified atom stereocenters. The van der Waals surface area contributed by atoms with Gasteiger partial charge in [-0.2, -0.15) is 13.2 Å². The van der Waals surface area contributed by atoms with Crippen molar-refractivity contribution in [2.24, 2.45) is 0 Å². The third-order valence-corrected chi connectivity index (χ3v) is 6.14. The molecule has 1 N–H and O–H groups in total. The first-order chi connectivity index (χ1) is 16.4. The van der Waals surface area contributed by atoms with Gasteiger partial charge in [-0.05, 0) is 66.8 Å². The molecule has 1 fully saturated rings. The minimum absolute atomic E-state index is 0.295. The molecule has 1 aliphatic heterocycles. The molecule has 0 amide bonds. The van der Waals surface area contributed by atoms with Gasteiger partial charge in [0.2, 0.25) is 0 Å². The topological polar surface area (TPSA) is 46.0 Å². The standard InChI is InChI=1S/C25H20F3N5S/c26-25(27,28)17-7-5-9-19(15-17)32-14-6-11-21(32)23-22(20-10-2-4-13-30-20)31-24(34)33(23)16-18-8-1-3-12-29-18/h1-15,22-23H,16H2,(H,31,34)/t22-,23-/m1/s1. The van der Waals surface area contributed by atoms with Gasteiger partial charge in [0.1, 0.15) is 0 Å². The summed E-state index contributed by atoms with van der Waals surface area (Å²) in [4.78, 5) is 11.0. The highest BCUT2D eigenvalue weighted by Crippen LogP contribution is 2.40. The van der Waals surface area contributed by atoms with Crippen LogP contribution < -0.4 is 5.32 Å². The Labute approximate surface area is 199 Å². The van der Waals surface area contributed by atoms with Gasteiger partial charge in [-0.1, -0.05) is 18.2 Å². The van der Waals surface area contributed by atoms with E-state index in [9.17, 15) is 13.2 Å². The highest BCUT2D eigenvalue weighted by molar-refractivity contribution is 7.80. The van der Waals surface area contributed by atoms with Crippen LogP contribution in [0, 0.1) is 0 Å². The summed E-state index contributed by atoms with van der Waals surface area (Å²) in [6.07, 6.45) is 0.769. The van der Waals surface area contributed by atoms with E-state index in [-0.39, 0.29) is 12.1 Å². The normalized spacial score (nSPS) is 18.2. The molecule has 34 heavy (non-hydrogen) atoms. The van der Waals surface area contributed by atoms with E-state index in [0.717, 1.165) is 29.2 Å². The number of pyridine rings is 2. The molecular formula is C25H20F3N5S. The summed E-state index contributed by atoms with van der Waals surface area (Å²) in [7, 11) is 0. The van der Waals surface area contributed by atoms with Crippen molar-refractivity contribution in [3.63, 3.8) is 0 Å². The molecule has 4 aromatic rings. The first-order valence-corrected chi connectivity index (χ1v) is 11.1. The molecule has 0 spiro atoms. The van der Waals surface area contributed by atoms with Crippen LogP contribution in [0.25, 0.3) is 5.69 Å². The molecule has 1 aliphatic rings. The lowest BCUT2D eigenvalue weighted by Crippen LogP contribution is -2.30. The van der Waals surface area contributed by atoms with Gasteiger partial charge in [-0.3, -0.25) is 9.97 Å². The fourth-order valence-corrected chi connectivity index (χ4v) is 4.57. The Morgan fingerprint density at radius 3 is 2.41 bits per heavy atom. The first-order valence-electron chi connectivity index (χ1n) is 10.6. The number of thiocarbonyl (C=S) groups is 1. The third-order valence-electron chi connectivity index (χ3n) is 5.79. The molecule has 0 aliphatic carbocycles. The number of alkyl halides is 3. The average Bonchev–Trinajstić information content (AvgIpc) is 3.45. The lowest BCUT2D eigenvalue weighted by atomic mass is 10.0. The molecule has 1 aromatic carbocycles. The zero-order chi connectivity index (χ0) is 23.7. The summed E-state index contributed by atoms with van der Waals surface area (Å²) in [5, 5.41) is 3.90. The summed E-state index contributed by atoms with van der Waals surface area (Å²) >= 11 is 5.70. The number of hydrogen-bond donors (Lipinski definition) is 1. The largest absolute Gasteiger partial charge is 0.416 e. The van der Waals surface area contributed by atoms with Crippen molar-refractivity contribution >= 4 is 17.3 Å². The molecule has 5 nitrogen and oxygen atoms in total. The van der Waals surface area contributed by atoms with Gasteiger partial charge in [-0.15, -0.1) is 0 Å². The molecule has 2 atom stereocenters. The monoisotopic (exact) mass is 479 g/mol. The van der Waals surface area contributed by atoms with Crippen LogP contribution in [0.1, 0.15) is 34.7 Å². The van der Waals surface area contributed by atoms with Crippen molar-refractivity contribution in [2.45, 2.75) is 24.8 Å². The van der Waals surface area contributed by atoms with Crippen LogP contribution in [0.2, 0.25) is 0 Å². The van der Waals surface area contributed by atoms with E-state index in [1.165, 1.54) is 6.07 Å². The van der Waals surface area contributed by atoms with Crippen molar-refractivity contribution in [3.8, 4) is 5.69 Å². The Bertz CT molecular complexity index is 1290. The van der Waals surface area contributed by atoms with Gasteiger partial charge in [0.05, 0.1) is 35.6 Å². The minimum Gasteiger partial charge on any atom is -0.352 e. The molecule has 5 rings (SSSR count). The summed E-state index contributed by atoms with van der Waals surface area (Å²) in [5.41, 5.74) is 2.13. The SMILES string of the molecule is FC(F)(F)c1cccc(-n2cccc2[C@@H]2[C@@H](c3ccccn3)NC(=S)N2Cc2ccccn2)c1. The molecule has 172 valence electrons. The van der Waals surface area contributed by atoms with Crippen molar-refractivity contribution in [2.75, 3.05) is 0 Å². The fourth-order valence-electron chi connectivity index (χ4n) is 4.27. The van der Waals surface area contributed by atoms with Crippen molar-refractivity contribution in [1.82, 2.24) is 24.8 Å². The van der Waals surface area contributed by atoms with Gasteiger partial charge in [0.25, 0.3) is 0 Å². The maximum Gasteiger partial charge on any atom is 0.416 e. The molecule has 1 saturated heterocycles. The number of hydrogen-bond acceptors (Lipinski definition) is 3. The van der Waals surface area contributed by atoms with Gasteiger partial charge in [0.15, 0.2) is 5.11 Å². The lowest BCUT2D eigenvalue weighted by Gasteiger charge is -2.28. The van der Waals surface area contributed by atoms with E-state index in [2.05, 4.69) is 15.3 Å². The number of halogens is 3. The number of aromatic nitrogens is 3. The lowest BCUT2D eigenvalue weighted by molar-refractivity contribution is -0.137. The molecule has 0 bridgehead atoms. The van der Waals surface area contributed by atoms with Crippen LogP contribution in [0.3, 0.4) is 0 Å². The van der Waals surface area contributed by atoms with E-state index in [1.54, 1.807) is 29.2 Å². The van der Waals surface area contributed by atoms with Crippen molar-refractivity contribution in [3.05, 3.63) is 114 Å². The van der Waals surface area contributed by atoms with Crippen LogP contribution >= 0.6 is 12.2 Å². The van der Waals surface area contributed by atoms with Crippen LogP contribution in [0.4, 0.5) is 13.2 Å². The molecule has 9 heteroatoms. The molecular weight excluding hydrogens is 459 g/mol. The smallest absolute Gasteiger partial charge is 0.352 e. The fraction of sp³-hybridized carbons (Fsp3) is 0.160. The van der Waals surface area contributed by atoms with Crippen LogP contribution in [-0.4, -0.2) is 24.5 Å².